The summed E-state index contributed by atoms with van der Waals surface area (Å²) in [6.07, 6.45) is 14.8. The smallest absolute Gasteiger partial charge is 0.162 e. The molecule has 2 N–H and O–H groups in total. The van der Waals surface area contributed by atoms with Crippen molar-refractivity contribution in [2.24, 2.45) is 10.7 Å². The Morgan fingerprint density at radius 3 is 2.75 bits per heavy atom. The van der Waals surface area contributed by atoms with Crippen LogP contribution in [0, 0.1) is 0 Å². The summed E-state index contributed by atoms with van der Waals surface area (Å²) in [6, 6.07) is 10.1. The van der Waals surface area contributed by atoms with Crippen LogP contribution in [-0.2, 0) is 0 Å². The molecule has 0 unspecified atom stereocenters. The Morgan fingerprint density at radius 1 is 1.22 bits per heavy atom. The van der Waals surface area contributed by atoms with Crippen molar-refractivity contribution < 1.29 is 0 Å². The number of fused-ring (bicyclic) bond motifs is 1. The van der Waals surface area contributed by atoms with Gasteiger partial charge in [-0.1, -0.05) is 36.4 Å². The van der Waals surface area contributed by atoms with Gasteiger partial charge in [-0.25, -0.2) is 9.67 Å². The van der Waals surface area contributed by atoms with Gasteiger partial charge in [0.05, 0.1) is 11.7 Å². The largest absolute Gasteiger partial charge is 0.371 e. The number of rotatable bonds is 10. The number of hydrogen-bond acceptors (Lipinski definition) is 5. The molecule has 0 saturated heterocycles. The first-order chi connectivity index (χ1) is 15.2. The number of nitrogens with two attached hydrogens (primary N) is 1. The van der Waals surface area contributed by atoms with Crippen molar-refractivity contribution >= 4 is 42.0 Å². The van der Waals surface area contributed by atoms with Crippen molar-refractivity contribution in [3.05, 3.63) is 72.7 Å². The minimum Gasteiger partial charge on any atom is -0.371 e. The van der Waals surface area contributed by atoms with Crippen molar-refractivity contribution in [1.82, 2.24) is 19.7 Å². The van der Waals surface area contributed by atoms with Crippen molar-refractivity contribution in [1.29, 1.82) is 0 Å². The van der Waals surface area contributed by atoms with Crippen LogP contribution in [0.25, 0.3) is 28.2 Å². The number of aliphatic imine (C=N–C) groups is 1. The number of aromatic nitrogens is 3. The zero-order valence-corrected chi connectivity index (χ0v) is 19.5. The van der Waals surface area contributed by atoms with E-state index in [4.69, 9.17) is 5.73 Å². The Morgan fingerprint density at radius 2 is 2.03 bits per heavy atom. The lowest BCUT2D eigenvalue weighted by Crippen LogP contribution is -2.28. The first-order valence-electron chi connectivity index (χ1n) is 10.6. The second-order valence-electron chi connectivity index (χ2n) is 6.96. The maximum absolute atomic E-state index is 5.71. The summed E-state index contributed by atoms with van der Waals surface area (Å²) in [4.78, 5) is 10.9. The zero-order valence-electron chi connectivity index (χ0n) is 18.7. The van der Waals surface area contributed by atoms with E-state index in [0.29, 0.717) is 12.4 Å². The molecule has 3 rings (SSSR count). The Labute approximate surface area is 196 Å². The number of halogens is 1. The Kier molecular flexibility index (Phi) is 9.85. The van der Waals surface area contributed by atoms with Gasteiger partial charge >= 0.3 is 0 Å². The second kappa shape index (κ2) is 12.6. The third-order valence-corrected chi connectivity index (χ3v) is 5.11. The van der Waals surface area contributed by atoms with Crippen LogP contribution in [0.15, 0.2) is 77.7 Å². The highest BCUT2D eigenvalue weighted by atomic mass is 35.5. The maximum Gasteiger partial charge on any atom is 0.162 e. The topological polar surface area (TPSA) is 72.3 Å². The number of para-hydroxylation sites is 1. The Bertz CT molecular complexity index is 1110. The van der Waals surface area contributed by atoms with Gasteiger partial charge in [0, 0.05) is 48.7 Å². The van der Waals surface area contributed by atoms with E-state index < -0.39 is 0 Å². The molecule has 0 amide bonds. The average Bonchev–Trinajstić information content (AvgIpc) is 3.22. The molecule has 32 heavy (non-hydrogen) atoms. The van der Waals surface area contributed by atoms with E-state index >= 15 is 0 Å². The summed E-state index contributed by atoms with van der Waals surface area (Å²) >= 11 is 0. The van der Waals surface area contributed by atoms with Gasteiger partial charge in [-0.05, 0) is 50.8 Å². The van der Waals surface area contributed by atoms with Crippen LogP contribution in [-0.4, -0.2) is 46.0 Å². The SMILES string of the molecule is C=Nc1c(-c2ccnc3ccccc23)cnn1/C=C/C/C=C\C(=C/C)N(CC)CCN.Cl. The van der Waals surface area contributed by atoms with Crippen molar-refractivity contribution in [2.45, 2.75) is 20.3 Å². The maximum atomic E-state index is 5.71. The molecule has 0 aliphatic rings. The monoisotopic (exact) mass is 450 g/mol. The molecular weight excluding hydrogens is 420 g/mol. The molecule has 1 aromatic carbocycles. The molecule has 7 heteroatoms. The van der Waals surface area contributed by atoms with Gasteiger partial charge < -0.3 is 10.6 Å². The van der Waals surface area contributed by atoms with E-state index in [1.807, 2.05) is 49.8 Å². The molecule has 168 valence electrons. The van der Waals surface area contributed by atoms with Crippen LogP contribution in [0.5, 0.6) is 0 Å². The molecule has 0 bridgehead atoms. The van der Waals surface area contributed by atoms with Gasteiger partial charge in [0.1, 0.15) is 0 Å². The standard InChI is InChI=1S/C25H30N6.ClH/c1-4-20(30(5-2)18-15-26)11-7-6-10-17-31-25(27-3)23(19-29-31)21-14-16-28-24-13-9-8-12-22(21)24;/h4,7-14,16-17,19H,3,5-6,15,18,26H2,1-2H3;1H/b11-7-,17-10+,20-4+;. The summed E-state index contributed by atoms with van der Waals surface area (Å²) in [6.45, 7) is 10.4. The summed E-state index contributed by atoms with van der Waals surface area (Å²) in [5.41, 5.74) is 9.82. The van der Waals surface area contributed by atoms with E-state index in [1.165, 1.54) is 5.70 Å². The molecule has 2 heterocycles. The fraction of sp³-hybridized carbons (Fsp3) is 0.240. The van der Waals surface area contributed by atoms with Crippen LogP contribution in [0.1, 0.15) is 20.3 Å². The summed E-state index contributed by atoms with van der Waals surface area (Å²) in [5, 5.41) is 5.57. The van der Waals surface area contributed by atoms with Crippen molar-refractivity contribution in [2.75, 3.05) is 19.6 Å². The van der Waals surface area contributed by atoms with Crippen molar-refractivity contribution in [3.8, 4) is 11.1 Å². The van der Waals surface area contributed by atoms with Crippen LogP contribution < -0.4 is 5.73 Å². The molecule has 6 nitrogen and oxygen atoms in total. The average molecular weight is 451 g/mol. The number of nitrogens with zero attached hydrogens (tertiary/aromatic N) is 5. The molecule has 0 aliphatic carbocycles. The predicted octanol–water partition coefficient (Wildman–Crippen LogP) is 5.45. The van der Waals surface area contributed by atoms with Gasteiger partial charge in [0.2, 0.25) is 0 Å². The predicted molar refractivity (Wildman–Crippen MR) is 139 cm³/mol. The molecule has 0 radical (unpaired) electrons. The highest BCUT2D eigenvalue weighted by Gasteiger charge is 2.13. The van der Waals surface area contributed by atoms with Crippen LogP contribution in [0.4, 0.5) is 5.82 Å². The third-order valence-electron chi connectivity index (χ3n) is 5.11. The zero-order chi connectivity index (χ0) is 22.1. The molecule has 3 aromatic rings. The van der Waals surface area contributed by atoms with Crippen LogP contribution in [0.3, 0.4) is 0 Å². The minimum absolute atomic E-state index is 0. The quantitative estimate of drug-likeness (QED) is 0.329. The lowest BCUT2D eigenvalue weighted by atomic mass is 10.0. The Balaban J connectivity index is 0.00000363. The molecule has 0 atom stereocenters. The number of allylic oxidation sites excluding steroid dienone is 4. The van der Waals surface area contributed by atoms with E-state index in [-0.39, 0.29) is 12.4 Å². The first kappa shape index (κ1) is 25.0. The van der Waals surface area contributed by atoms with E-state index in [1.54, 1.807) is 4.68 Å². The highest BCUT2D eigenvalue weighted by molar-refractivity contribution is 5.96. The fourth-order valence-electron chi connectivity index (χ4n) is 3.58. The van der Waals surface area contributed by atoms with E-state index in [9.17, 15) is 0 Å². The Hall–Kier alpha value is -3.22. The number of hydrogen-bond donors (Lipinski definition) is 1. The van der Waals surface area contributed by atoms with Crippen molar-refractivity contribution in [3.63, 3.8) is 0 Å². The summed E-state index contributed by atoms with van der Waals surface area (Å²) < 4.78 is 1.76. The molecule has 0 saturated carbocycles. The summed E-state index contributed by atoms with van der Waals surface area (Å²) in [5.74, 6) is 0.714. The van der Waals surface area contributed by atoms with Crippen LogP contribution >= 0.6 is 12.4 Å². The van der Waals surface area contributed by atoms with Gasteiger partial charge in [-0.2, -0.15) is 5.10 Å². The lowest BCUT2D eigenvalue weighted by molar-refractivity contribution is 0.382. The molecular formula is C25H31ClN6. The molecule has 0 fully saturated rings. The normalized spacial score (nSPS) is 11.9. The molecule has 2 aromatic heterocycles. The third kappa shape index (κ3) is 5.72. The van der Waals surface area contributed by atoms with Gasteiger partial charge in [0.25, 0.3) is 0 Å². The van der Waals surface area contributed by atoms with E-state index in [2.05, 4.69) is 64.0 Å². The number of likely N-dealkylation sites (N-methyl/N-ethyl adjacent to an activating group) is 1. The molecule has 0 spiro atoms. The van der Waals surface area contributed by atoms with Gasteiger partial charge in [-0.15, -0.1) is 12.4 Å². The number of benzene rings is 1. The number of pyridine rings is 1. The van der Waals surface area contributed by atoms with Gasteiger partial charge in [-0.3, -0.25) is 4.98 Å². The first-order valence-corrected chi connectivity index (χ1v) is 10.6. The summed E-state index contributed by atoms with van der Waals surface area (Å²) in [7, 11) is 0. The highest BCUT2D eigenvalue weighted by Crippen LogP contribution is 2.34. The minimum atomic E-state index is 0. The second-order valence-corrected chi connectivity index (χ2v) is 6.96. The van der Waals surface area contributed by atoms with E-state index in [0.717, 1.165) is 41.5 Å². The van der Waals surface area contributed by atoms with Gasteiger partial charge in [0.15, 0.2) is 5.82 Å². The van der Waals surface area contributed by atoms with Crippen LogP contribution in [0.2, 0.25) is 0 Å². The molecule has 0 aliphatic heterocycles. The lowest BCUT2D eigenvalue weighted by Gasteiger charge is -2.23. The fourth-order valence-corrected chi connectivity index (χ4v) is 3.58.